The average Bonchev–Trinajstić information content (AvgIpc) is 2.52. The second-order valence-electron chi connectivity index (χ2n) is 5.41. The van der Waals surface area contributed by atoms with E-state index < -0.39 is 0 Å². The first kappa shape index (κ1) is 21.3. The number of unbranched alkanes of at least 4 members (excludes halogenated alkanes) is 7. The standard InChI is InChI=1S/C16H33NO5/c1-3-4-5-6-7-8-9-10-11-17(2)16(19)12-20-14-22-15-21-13-18/h18H,3-15H2,1-2H3. The maximum Gasteiger partial charge on any atom is 0.248 e. The molecular weight excluding hydrogens is 286 g/mol. The van der Waals surface area contributed by atoms with E-state index in [1.165, 1.54) is 44.9 Å². The highest BCUT2D eigenvalue weighted by atomic mass is 16.8. The third-order valence-electron chi connectivity index (χ3n) is 3.42. The largest absolute Gasteiger partial charge is 0.371 e. The van der Waals surface area contributed by atoms with E-state index >= 15 is 0 Å². The molecule has 1 amide bonds. The number of amides is 1. The van der Waals surface area contributed by atoms with Gasteiger partial charge in [0.15, 0.2) is 6.79 Å². The van der Waals surface area contributed by atoms with Crippen LogP contribution in [0.2, 0.25) is 0 Å². The van der Waals surface area contributed by atoms with Crippen molar-refractivity contribution in [1.82, 2.24) is 4.90 Å². The number of rotatable bonds is 16. The van der Waals surface area contributed by atoms with Gasteiger partial charge in [-0.3, -0.25) is 4.79 Å². The molecule has 0 fully saturated rings. The van der Waals surface area contributed by atoms with Gasteiger partial charge in [0.1, 0.15) is 20.2 Å². The number of carbonyl (C=O) groups is 1. The predicted molar refractivity (Wildman–Crippen MR) is 85.2 cm³/mol. The average molecular weight is 319 g/mol. The fourth-order valence-electron chi connectivity index (χ4n) is 2.04. The van der Waals surface area contributed by atoms with Crippen LogP contribution >= 0.6 is 0 Å². The maximum absolute atomic E-state index is 11.7. The molecule has 0 aromatic heterocycles. The van der Waals surface area contributed by atoms with E-state index in [1.807, 2.05) is 0 Å². The van der Waals surface area contributed by atoms with E-state index in [2.05, 4.69) is 11.7 Å². The fraction of sp³-hybridized carbons (Fsp3) is 0.938. The number of carbonyl (C=O) groups excluding carboxylic acids is 1. The van der Waals surface area contributed by atoms with Gasteiger partial charge in [0.25, 0.3) is 0 Å². The predicted octanol–water partition coefficient (Wildman–Crippen LogP) is 2.50. The summed E-state index contributed by atoms with van der Waals surface area (Å²) in [5.41, 5.74) is 0. The van der Waals surface area contributed by atoms with Crippen molar-refractivity contribution in [2.75, 3.05) is 40.6 Å². The Balaban J connectivity index is 3.35. The first-order chi connectivity index (χ1) is 10.7. The van der Waals surface area contributed by atoms with Gasteiger partial charge in [-0.05, 0) is 6.42 Å². The van der Waals surface area contributed by atoms with Crippen molar-refractivity contribution < 1.29 is 24.1 Å². The van der Waals surface area contributed by atoms with Crippen LogP contribution in [0.25, 0.3) is 0 Å². The Bertz CT molecular complexity index is 251. The molecule has 0 aliphatic heterocycles. The van der Waals surface area contributed by atoms with Crippen molar-refractivity contribution in [2.45, 2.75) is 58.3 Å². The number of aliphatic hydroxyl groups excluding tert-OH is 1. The molecule has 0 saturated heterocycles. The topological polar surface area (TPSA) is 68.2 Å². The molecule has 0 rings (SSSR count). The third kappa shape index (κ3) is 14.3. The first-order valence-electron chi connectivity index (χ1n) is 8.30. The number of hydrogen-bond acceptors (Lipinski definition) is 5. The molecule has 0 radical (unpaired) electrons. The van der Waals surface area contributed by atoms with Gasteiger partial charge in [-0.15, -0.1) is 0 Å². The molecule has 0 aromatic carbocycles. The Kier molecular flexibility index (Phi) is 16.2. The van der Waals surface area contributed by atoms with Crippen molar-refractivity contribution in [3.8, 4) is 0 Å². The first-order valence-corrected chi connectivity index (χ1v) is 8.30. The van der Waals surface area contributed by atoms with Crippen molar-refractivity contribution in [3.63, 3.8) is 0 Å². The molecule has 0 unspecified atom stereocenters. The summed E-state index contributed by atoms with van der Waals surface area (Å²) in [6.45, 7) is 2.56. The van der Waals surface area contributed by atoms with Gasteiger partial charge in [-0.1, -0.05) is 51.9 Å². The van der Waals surface area contributed by atoms with Crippen LogP contribution in [0.4, 0.5) is 0 Å². The normalized spacial score (nSPS) is 10.9. The van der Waals surface area contributed by atoms with Gasteiger partial charge in [0.05, 0.1) is 0 Å². The zero-order valence-electron chi connectivity index (χ0n) is 14.2. The number of hydrogen-bond donors (Lipinski definition) is 1. The summed E-state index contributed by atoms with van der Waals surface area (Å²) in [6.07, 6.45) is 10.1. The van der Waals surface area contributed by atoms with E-state index in [0.29, 0.717) is 0 Å². The molecule has 0 atom stereocenters. The van der Waals surface area contributed by atoms with Crippen molar-refractivity contribution in [3.05, 3.63) is 0 Å². The van der Waals surface area contributed by atoms with Crippen LogP contribution in [0.15, 0.2) is 0 Å². The Labute approximate surface area is 134 Å². The van der Waals surface area contributed by atoms with Crippen LogP contribution in [0.1, 0.15) is 58.3 Å². The lowest BCUT2D eigenvalue weighted by atomic mass is 10.1. The quantitative estimate of drug-likeness (QED) is 0.350. The molecule has 0 aliphatic carbocycles. The number of ether oxygens (including phenoxy) is 3. The Morgan fingerprint density at radius 1 is 0.909 bits per heavy atom. The summed E-state index contributed by atoms with van der Waals surface area (Å²) in [7, 11) is 1.79. The third-order valence-corrected chi connectivity index (χ3v) is 3.42. The molecule has 6 nitrogen and oxygen atoms in total. The number of aliphatic hydroxyl groups is 1. The van der Waals surface area contributed by atoms with Crippen molar-refractivity contribution >= 4 is 5.91 Å². The van der Waals surface area contributed by atoms with E-state index in [-0.39, 0.29) is 32.9 Å². The van der Waals surface area contributed by atoms with Gasteiger partial charge in [-0.25, -0.2) is 0 Å². The van der Waals surface area contributed by atoms with Crippen molar-refractivity contribution in [2.24, 2.45) is 0 Å². The molecule has 1 N–H and O–H groups in total. The monoisotopic (exact) mass is 319 g/mol. The van der Waals surface area contributed by atoms with E-state index in [1.54, 1.807) is 11.9 Å². The lowest BCUT2D eigenvalue weighted by molar-refractivity contribution is -0.165. The molecule has 0 aromatic rings. The Hall–Kier alpha value is -0.690. The summed E-state index contributed by atoms with van der Waals surface area (Å²) in [4.78, 5) is 13.4. The summed E-state index contributed by atoms with van der Waals surface area (Å²) < 4.78 is 14.5. The molecule has 0 bridgehead atoms. The van der Waals surface area contributed by atoms with E-state index in [0.717, 1.165) is 13.0 Å². The van der Waals surface area contributed by atoms with Crippen LogP contribution < -0.4 is 0 Å². The summed E-state index contributed by atoms with van der Waals surface area (Å²) in [5.74, 6) is -0.0466. The summed E-state index contributed by atoms with van der Waals surface area (Å²) in [5, 5.41) is 8.35. The molecule has 132 valence electrons. The fourth-order valence-corrected chi connectivity index (χ4v) is 2.04. The van der Waals surface area contributed by atoms with Crippen LogP contribution in [-0.4, -0.2) is 56.5 Å². The molecule has 0 aliphatic rings. The molecule has 0 heterocycles. The zero-order valence-corrected chi connectivity index (χ0v) is 14.2. The zero-order chi connectivity index (χ0) is 16.5. The minimum Gasteiger partial charge on any atom is -0.371 e. The second kappa shape index (κ2) is 16.7. The van der Waals surface area contributed by atoms with Gasteiger partial charge in [0, 0.05) is 13.6 Å². The summed E-state index contributed by atoms with van der Waals surface area (Å²) in [6, 6.07) is 0. The van der Waals surface area contributed by atoms with Gasteiger partial charge >= 0.3 is 0 Å². The highest BCUT2D eigenvalue weighted by Gasteiger charge is 2.08. The van der Waals surface area contributed by atoms with Crippen LogP contribution in [-0.2, 0) is 19.0 Å². The molecule has 0 saturated carbocycles. The minimum atomic E-state index is -0.389. The van der Waals surface area contributed by atoms with Crippen LogP contribution in [0, 0.1) is 0 Å². The van der Waals surface area contributed by atoms with Crippen molar-refractivity contribution in [1.29, 1.82) is 0 Å². The molecular formula is C16H33NO5. The van der Waals surface area contributed by atoms with Crippen LogP contribution in [0.3, 0.4) is 0 Å². The van der Waals surface area contributed by atoms with Gasteiger partial charge in [0.2, 0.25) is 5.91 Å². The van der Waals surface area contributed by atoms with Crippen LogP contribution in [0.5, 0.6) is 0 Å². The highest BCUT2D eigenvalue weighted by Crippen LogP contribution is 2.08. The van der Waals surface area contributed by atoms with Gasteiger partial charge < -0.3 is 24.2 Å². The maximum atomic E-state index is 11.7. The lowest BCUT2D eigenvalue weighted by Crippen LogP contribution is -2.31. The molecule has 22 heavy (non-hydrogen) atoms. The smallest absolute Gasteiger partial charge is 0.248 e. The lowest BCUT2D eigenvalue weighted by Gasteiger charge is -2.17. The summed E-state index contributed by atoms with van der Waals surface area (Å²) >= 11 is 0. The molecule has 0 spiro atoms. The SMILES string of the molecule is CCCCCCCCCCN(C)C(=O)COCOCOCO. The Morgan fingerprint density at radius 3 is 2.14 bits per heavy atom. The number of likely N-dealkylation sites (N-methyl/N-ethyl adjacent to an activating group) is 1. The second-order valence-corrected chi connectivity index (χ2v) is 5.41. The number of nitrogens with zero attached hydrogens (tertiary/aromatic N) is 1. The van der Waals surface area contributed by atoms with E-state index in [9.17, 15) is 4.79 Å². The Morgan fingerprint density at radius 2 is 1.50 bits per heavy atom. The van der Waals surface area contributed by atoms with Gasteiger partial charge in [-0.2, -0.15) is 0 Å². The molecule has 6 heteroatoms. The van der Waals surface area contributed by atoms with E-state index in [4.69, 9.17) is 14.6 Å². The minimum absolute atomic E-state index is 0.00659. The highest BCUT2D eigenvalue weighted by molar-refractivity contribution is 5.77.